The summed E-state index contributed by atoms with van der Waals surface area (Å²) in [4.78, 5) is 29.3. The molecule has 7 heavy (non-hydrogen) atoms. The van der Waals surface area contributed by atoms with Crippen LogP contribution in [0.5, 0.6) is 0 Å². The molecule has 4 N–H and O–H groups in total. The zero-order valence-corrected chi connectivity index (χ0v) is 3.29. The van der Waals surface area contributed by atoms with Gasteiger partial charge in [0.25, 0.3) is 0 Å². The molecule has 7 heteroatoms. The molecule has 0 bridgehead atoms. The Morgan fingerprint density at radius 2 is 0.857 bits per heavy atom. The van der Waals surface area contributed by atoms with Crippen molar-refractivity contribution in [3.05, 3.63) is 0 Å². The van der Waals surface area contributed by atoms with E-state index in [-0.39, 0.29) is 37.2 Å². The second-order valence-corrected chi connectivity index (χ2v) is 1.80. The zero-order valence-electron chi connectivity index (χ0n) is 2.29. The molecule has 0 radical (unpaired) electrons. The monoisotopic (exact) mass is 198 g/mol. The molecule has 0 amide bonds. The second-order valence-electron chi connectivity index (χ2n) is 0.600. The molecule has 0 saturated carbocycles. The van der Waals surface area contributed by atoms with E-state index in [1.54, 1.807) is 0 Å². The molecule has 4 nitrogen and oxygen atoms in total. The average Bonchev–Trinajstić information content (AvgIpc) is 0.722. The zero-order chi connectivity index (χ0) is 4.50. The predicted octanol–water partition coefficient (Wildman–Crippen LogP) is -4.98. The van der Waals surface area contributed by atoms with Gasteiger partial charge in [0.1, 0.15) is 0 Å². The van der Waals surface area contributed by atoms with Gasteiger partial charge >= 0.3 is 28.8 Å². The van der Waals surface area contributed by atoms with Gasteiger partial charge in [0, 0.05) is 0 Å². The summed E-state index contributed by atoms with van der Waals surface area (Å²) in [6.45, 7) is 0. The Bertz CT molecular complexity index is 27.2. The van der Waals surface area contributed by atoms with Crippen LogP contribution in [0.4, 0.5) is 0 Å². The molecular weight excluding hydrogens is 189 g/mol. The molecule has 0 aromatic carbocycles. The van der Waals surface area contributed by atoms with Crippen LogP contribution in [0.15, 0.2) is 0 Å². The molecule has 0 heterocycles. The van der Waals surface area contributed by atoms with Crippen LogP contribution >= 0.6 is 0 Å². The van der Waals surface area contributed by atoms with Gasteiger partial charge in [-0.3, -0.25) is 0 Å². The molecule has 44 valence electrons. The van der Waals surface area contributed by atoms with Crippen LogP contribution in [0, 0.1) is 0 Å². The van der Waals surface area contributed by atoms with Crippen LogP contribution in [-0.2, 0) is 0 Å². The summed E-state index contributed by atoms with van der Waals surface area (Å²) in [6.07, 6.45) is 0. The molecule has 0 atom stereocenters. The summed E-state index contributed by atoms with van der Waals surface area (Å²) >= 11 is 0. The van der Waals surface area contributed by atoms with Crippen molar-refractivity contribution in [1.29, 1.82) is 0 Å². The maximum atomic E-state index is 7.33. The number of hydrogen-bond donors (Lipinski definition) is 4. The van der Waals surface area contributed by atoms with Crippen molar-refractivity contribution in [1.82, 2.24) is 0 Å². The van der Waals surface area contributed by atoms with E-state index in [2.05, 4.69) is 0 Å². The fourth-order valence-electron chi connectivity index (χ4n) is 0. The van der Waals surface area contributed by atoms with Gasteiger partial charge in [-0.2, -0.15) is 0 Å². The first-order valence-electron chi connectivity index (χ1n) is 0.894. The van der Waals surface area contributed by atoms with Crippen molar-refractivity contribution >= 4 is 46.2 Å². The average molecular weight is 199 g/mol. The molecule has 0 saturated heterocycles. The van der Waals surface area contributed by atoms with Gasteiger partial charge < -0.3 is 19.2 Å². The Morgan fingerprint density at radius 3 is 0.857 bits per heavy atom. The first-order valence-corrected chi connectivity index (χ1v) is 2.68. The van der Waals surface area contributed by atoms with E-state index in [0.29, 0.717) is 0 Å². The van der Waals surface area contributed by atoms with E-state index < -0.39 is 9.05 Å². The summed E-state index contributed by atoms with van der Waals surface area (Å²) in [5.41, 5.74) is 0. The molecule has 0 unspecified atom stereocenters. The van der Waals surface area contributed by atoms with Gasteiger partial charge in [-0.1, -0.05) is 0 Å². The molecular formula is H10AlGaO4Si. The van der Waals surface area contributed by atoms with E-state index in [1.807, 2.05) is 0 Å². The standard InChI is InChI=1S/Al.Ga.H4O4Si.6H/c;;1-5(2,3)4;;;;;;/h;;1-4H;;;;;;. The first kappa shape index (κ1) is 15.7. The van der Waals surface area contributed by atoms with Crippen LogP contribution in [0.1, 0.15) is 0 Å². The summed E-state index contributed by atoms with van der Waals surface area (Å²) < 4.78 is 0. The van der Waals surface area contributed by atoms with Crippen LogP contribution in [-0.4, -0.2) is 65.4 Å². The normalized spacial score (nSPS) is 8.57. The van der Waals surface area contributed by atoms with Crippen LogP contribution in [0.2, 0.25) is 0 Å². The first-order chi connectivity index (χ1) is 2.00. The fraction of sp³-hybridized carbons (Fsp3) is 0. The van der Waals surface area contributed by atoms with Gasteiger partial charge in [-0.25, -0.2) is 0 Å². The van der Waals surface area contributed by atoms with Crippen LogP contribution in [0.3, 0.4) is 0 Å². The van der Waals surface area contributed by atoms with Crippen LogP contribution in [0.25, 0.3) is 0 Å². The summed E-state index contributed by atoms with van der Waals surface area (Å²) in [7, 11) is -4.61. The van der Waals surface area contributed by atoms with E-state index >= 15 is 0 Å². The molecule has 0 aliphatic rings. The van der Waals surface area contributed by atoms with Gasteiger partial charge in [0.2, 0.25) is 0 Å². The van der Waals surface area contributed by atoms with Crippen molar-refractivity contribution in [2.75, 3.05) is 0 Å². The Balaban J connectivity index is -0.0000000800. The van der Waals surface area contributed by atoms with Gasteiger partial charge in [-0.15, -0.1) is 0 Å². The van der Waals surface area contributed by atoms with Gasteiger partial charge in [-0.05, 0) is 0 Å². The Hall–Kier alpha value is 1.23. The fourth-order valence-corrected chi connectivity index (χ4v) is 0. The van der Waals surface area contributed by atoms with Crippen molar-refractivity contribution in [2.24, 2.45) is 0 Å². The Morgan fingerprint density at radius 1 is 0.857 bits per heavy atom. The van der Waals surface area contributed by atoms with Crippen molar-refractivity contribution in [3.63, 3.8) is 0 Å². The summed E-state index contributed by atoms with van der Waals surface area (Å²) in [5.74, 6) is 0. The Labute approximate surface area is 65.5 Å². The quantitative estimate of drug-likeness (QED) is 0.294. The second kappa shape index (κ2) is 5.36. The van der Waals surface area contributed by atoms with E-state index in [9.17, 15) is 0 Å². The maximum absolute atomic E-state index is 7.33. The molecule has 0 aliphatic heterocycles. The molecule has 0 aliphatic carbocycles. The SMILES string of the molecule is O[Si](O)(O)O.[AlH3].[GaH3]. The molecule has 0 spiro atoms. The molecule has 0 fully saturated rings. The van der Waals surface area contributed by atoms with Crippen molar-refractivity contribution < 1.29 is 19.2 Å². The number of hydrogen-bond acceptors (Lipinski definition) is 4. The minimum absolute atomic E-state index is 0. The van der Waals surface area contributed by atoms with Crippen molar-refractivity contribution in [3.8, 4) is 0 Å². The van der Waals surface area contributed by atoms with Gasteiger partial charge in [0.05, 0.1) is 0 Å². The van der Waals surface area contributed by atoms with E-state index in [1.165, 1.54) is 0 Å². The number of rotatable bonds is 0. The van der Waals surface area contributed by atoms with Crippen LogP contribution < -0.4 is 0 Å². The Kier molecular flexibility index (Phi) is 12.1. The summed E-state index contributed by atoms with van der Waals surface area (Å²) in [5, 5.41) is 0. The third kappa shape index (κ3) is 131. The van der Waals surface area contributed by atoms with Crippen molar-refractivity contribution in [2.45, 2.75) is 0 Å². The third-order valence-corrected chi connectivity index (χ3v) is 0. The minimum atomic E-state index is -4.61. The predicted molar refractivity (Wildman–Crippen MR) is 34.5 cm³/mol. The molecule has 0 aromatic heterocycles. The molecule has 0 rings (SSSR count). The topological polar surface area (TPSA) is 80.9 Å². The van der Waals surface area contributed by atoms with Gasteiger partial charge in [0.15, 0.2) is 17.4 Å². The van der Waals surface area contributed by atoms with E-state index in [0.717, 1.165) is 0 Å². The van der Waals surface area contributed by atoms with E-state index in [4.69, 9.17) is 19.2 Å². The molecule has 0 aromatic rings. The third-order valence-electron chi connectivity index (χ3n) is 0. The summed E-state index contributed by atoms with van der Waals surface area (Å²) in [6, 6.07) is 0.